The number of carbonyl (C=O) groups is 4. The Balaban J connectivity index is 1.81. The van der Waals surface area contributed by atoms with E-state index in [1.165, 1.54) is 13.2 Å². The van der Waals surface area contributed by atoms with Crippen LogP contribution in [-0.2, 0) is 19.0 Å². The monoisotopic (exact) mass is 657 g/mol. The first-order chi connectivity index (χ1) is 21.4. The summed E-state index contributed by atoms with van der Waals surface area (Å²) < 4.78 is 15.7. The van der Waals surface area contributed by atoms with Crippen LogP contribution in [0.15, 0.2) is 61.2 Å². The Morgan fingerprint density at radius 1 is 1.13 bits per heavy atom. The molecular weight excluding hydrogens is 615 g/mol. The largest absolute Gasteiger partial charge is 0.467 e. The van der Waals surface area contributed by atoms with Crippen LogP contribution in [0.25, 0.3) is 11.1 Å². The molecule has 0 aromatic heterocycles. The van der Waals surface area contributed by atoms with Crippen LogP contribution >= 0.6 is 23.5 Å². The van der Waals surface area contributed by atoms with Gasteiger partial charge in [0.1, 0.15) is 18.2 Å². The first-order valence-corrected chi connectivity index (χ1v) is 17.0. The van der Waals surface area contributed by atoms with Crippen molar-refractivity contribution in [2.45, 2.75) is 56.5 Å². The van der Waals surface area contributed by atoms with E-state index in [9.17, 15) is 19.2 Å². The number of hydrogen-bond donors (Lipinski definition) is 2. The molecule has 244 valence electrons. The van der Waals surface area contributed by atoms with Crippen LogP contribution in [0.1, 0.15) is 44.0 Å². The highest BCUT2D eigenvalue weighted by Crippen LogP contribution is 2.32. The first-order valence-electron chi connectivity index (χ1n) is 14.7. The van der Waals surface area contributed by atoms with Crippen molar-refractivity contribution in [2.75, 3.05) is 44.1 Å². The van der Waals surface area contributed by atoms with Gasteiger partial charge in [0.05, 0.1) is 13.2 Å². The number of amides is 2. The number of likely N-dealkylation sites (tertiary alicyclic amines) is 1. The van der Waals surface area contributed by atoms with Gasteiger partial charge >= 0.3 is 17.4 Å². The van der Waals surface area contributed by atoms with Crippen LogP contribution < -0.4 is 10.6 Å². The van der Waals surface area contributed by atoms with Gasteiger partial charge in [0.15, 0.2) is 0 Å². The SMILES string of the molecule is C=CCOC(=O)N1C[C@@H](SC(=O)OC(C)(C)C)C[C@H]1CNc1ccc(C(=O)N[C@@H](CCSC)C(=O)OC)c(-c2ccccc2)c1. The van der Waals surface area contributed by atoms with Crippen molar-refractivity contribution in [2.24, 2.45) is 0 Å². The average molecular weight is 658 g/mol. The number of esters is 1. The lowest BCUT2D eigenvalue weighted by Crippen LogP contribution is -2.42. The van der Waals surface area contributed by atoms with E-state index < -0.39 is 23.7 Å². The molecule has 0 saturated carbocycles. The number of benzene rings is 2. The summed E-state index contributed by atoms with van der Waals surface area (Å²) in [5.41, 5.74) is 2.04. The molecule has 0 bridgehead atoms. The third-order valence-corrected chi connectivity index (χ3v) is 8.47. The van der Waals surface area contributed by atoms with E-state index in [2.05, 4.69) is 17.2 Å². The number of nitrogens with one attached hydrogen (secondary N) is 2. The second-order valence-corrected chi connectivity index (χ2v) is 13.7. The van der Waals surface area contributed by atoms with Crippen LogP contribution in [-0.4, -0.2) is 89.9 Å². The Morgan fingerprint density at radius 3 is 2.51 bits per heavy atom. The molecule has 0 aliphatic carbocycles. The van der Waals surface area contributed by atoms with E-state index in [4.69, 9.17) is 14.2 Å². The number of rotatable bonds is 13. The summed E-state index contributed by atoms with van der Waals surface area (Å²) in [5.74, 6) is -0.191. The van der Waals surface area contributed by atoms with Crippen molar-refractivity contribution in [3.05, 3.63) is 66.7 Å². The summed E-state index contributed by atoms with van der Waals surface area (Å²) in [7, 11) is 1.31. The minimum absolute atomic E-state index is 0.0808. The molecule has 12 heteroatoms. The molecule has 3 rings (SSSR count). The number of thioether (sulfide) groups is 2. The van der Waals surface area contributed by atoms with Gasteiger partial charge in [0.2, 0.25) is 0 Å². The highest BCUT2D eigenvalue weighted by molar-refractivity contribution is 8.13. The summed E-state index contributed by atoms with van der Waals surface area (Å²) in [6.45, 7) is 9.85. The van der Waals surface area contributed by atoms with Crippen LogP contribution in [0.3, 0.4) is 0 Å². The fraction of sp³-hybridized carbons (Fsp3) is 0.455. The van der Waals surface area contributed by atoms with E-state index in [0.29, 0.717) is 42.8 Å². The van der Waals surface area contributed by atoms with Crippen molar-refractivity contribution in [1.82, 2.24) is 10.2 Å². The molecule has 1 aliphatic rings. The second-order valence-electron chi connectivity index (χ2n) is 11.4. The van der Waals surface area contributed by atoms with Gasteiger partial charge < -0.3 is 29.7 Å². The average Bonchev–Trinajstić information content (AvgIpc) is 3.41. The summed E-state index contributed by atoms with van der Waals surface area (Å²) in [6, 6.07) is 13.9. The fourth-order valence-electron chi connectivity index (χ4n) is 4.81. The molecule has 0 radical (unpaired) electrons. The Labute approximate surface area is 274 Å². The predicted octanol–water partition coefficient (Wildman–Crippen LogP) is 6.22. The number of ether oxygens (including phenoxy) is 3. The molecular formula is C33H43N3O7S2. The summed E-state index contributed by atoms with van der Waals surface area (Å²) in [6.07, 6.45) is 3.96. The highest BCUT2D eigenvalue weighted by atomic mass is 32.2. The molecule has 2 aromatic rings. The normalized spacial score (nSPS) is 16.8. The van der Waals surface area contributed by atoms with Crippen LogP contribution in [0.2, 0.25) is 0 Å². The topological polar surface area (TPSA) is 123 Å². The zero-order valence-electron chi connectivity index (χ0n) is 26.5. The maximum Gasteiger partial charge on any atom is 0.410 e. The molecule has 45 heavy (non-hydrogen) atoms. The third kappa shape index (κ3) is 11.0. The molecule has 10 nitrogen and oxygen atoms in total. The zero-order chi connectivity index (χ0) is 33.0. The molecule has 0 unspecified atom stereocenters. The molecule has 2 N–H and O–H groups in total. The van der Waals surface area contributed by atoms with Gasteiger partial charge in [-0.25, -0.2) is 14.4 Å². The first kappa shape index (κ1) is 35.8. The Kier molecular flexibility index (Phi) is 13.7. The van der Waals surface area contributed by atoms with Gasteiger partial charge in [0, 0.05) is 29.6 Å². The highest BCUT2D eigenvalue weighted by Gasteiger charge is 2.38. The number of hydrogen-bond acceptors (Lipinski definition) is 10. The molecule has 1 aliphatic heterocycles. The fourth-order valence-corrected chi connectivity index (χ4v) is 6.40. The molecule has 1 saturated heterocycles. The van der Waals surface area contributed by atoms with E-state index in [0.717, 1.165) is 23.0 Å². The van der Waals surface area contributed by atoms with E-state index >= 15 is 0 Å². The maximum atomic E-state index is 13.5. The quantitative estimate of drug-likeness (QED) is 0.146. The molecule has 0 spiro atoms. The molecule has 2 amide bonds. The van der Waals surface area contributed by atoms with Crippen molar-refractivity contribution < 1.29 is 33.4 Å². The van der Waals surface area contributed by atoms with E-state index in [1.54, 1.807) is 28.8 Å². The number of methoxy groups -OCH3 is 1. The van der Waals surface area contributed by atoms with E-state index in [1.807, 2.05) is 63.4 Å². The van der Waals surface area contributed by atoms with Gasteiger partial charge in [-0.1, -0.05) is 43.0 Å². The minimum Gasteiger partial charge on any atom is -0.467 e. The van der Waals surface area contributed by atoms with Crippen molar-refractivity contribution >= 4 is 52.5 Å². The lowest BCUT2D eigenvalue weighted by atomic mass is 9.98. The van der Waals surface area contributed by atoms with Gasteiger partial charge in [0.25, 0.3) is 5.91 Å². The van der Waals surface area contributed by atoms with Crippen LogP contribution in [0.4, 0.5) is 15.3 Å². The van der Waals surface area contributed by atoms with E-state index in [-0.39, 0.29) is 29.1 Å². The van der Waals surface area contributed by atoms with Crippen molar-refractivity contribution in [3.63, 3.8) is 0 Å². The maximum absolute atomic E-state index is 13.5. The van der Waals surface area contributed by atoms with Crippen molar-refractivity contribution in [3.8, 4) is 11.1 Å². The van der Waals surface area contributed by atoms with Gasteiger partial charge in [-0.2, -0.15) is 11.8 Å². The smallest absolute Gasteiger partial charge is 0.410 e. The third-order valence-electron chi connectivity index (χ3n) is 6.88. The number of anilines is 1. The minimum atomic E-state index is -0.767. The van der Waals surface area contributed by atoms with Crippen molar-refractivity contribution in [1.29, 1.82) is 0 Å². The Bertz CT molecular complexity index is 1330. The standard InChI is InChI=1S/C33H43N3O7S2/c1-7-16-42-31(39)36-21-25(45-32(40)43-33(2,3)4)19-24(36)20-34-23-13-14-26(27(18-23)22-11-9-8-10-12-22)29(37)35-28(15-17-44-6)30(38)41-5/h7-14,18,24-25,28,34H,1,15-17,19-21H2,2-6H3,(H,35,37)/t24-,25-,28-/m0/s1. The van der Waals surface area contributed by atoms with Crippen LogP contribution in [0, 0.1) is 0 Å². The Hall–Kier alpha value is -3.64. The predicted molar refractivity (Wildman–Crippen MR) is 181 cm³/mol. The summed E-state index contributed by atoms with van der Waals surface area (Å²) >= 11 is 2.67. The lowest BCUT2D eigenvalue weighted by molar-refractivity contribution is -0.142. The lowest BCUT2D eigenvalue weighted by Gasteiger charge is -2.24. The molecule has 2 aromatic carbocycles. The van der Waals surface area contributed by atoms with Crippen LogP contribution in [0.5, 0.6) is 0 Å². The number of nitrogens with zero attached hydrogens (tertiary/aromatic N) is 1. The molecule has 1 fully saturated rings. The van der Waals surface area contributed by atoms with Gasteiger partial charge in [-0.15, -0.1) is 0 Å². The van der Waals surface area contributed by atoms with Gasteiger partial charge in [-0.05, 0) is 86.7 Å². The Morgan fingerprint density at radius 2 is 1.87 bits per heavy atom. The molecule has 1 heterocycles. The molecule has 3 atom stereocenters. The summed E-state index contributed by atoms with van der Waals surface area (Å²) in [5, 5.41) is 5.70. The van der Waals surface area contributed by atoms with Gasteiger partial charge in [-0.3, -0.25) is 4.79 Å². The second kappa shape index (κ2) is 17.2. The summed E-state index contributed by atoms with van der Waals surface area (Å²) in [4.78, 5) is 52.8. The number of carbonyl (C=O) groups excluding carboxylic acids is 4. The zero-order valence-corrected chi connectivity index (χ0v) is 28.1.